The molecule has 1 aliphatic rings. The third kappa shape index (κ3) is 6.88. The molecule has 5 nitrogen and oxygen atoms in total. The zero-order valence-electron chi connectivity index (χ0n) is 20.0. The Hall–Kier alpha value is -2.32. The Balaban J connectivity index is 1.63. The lowest BCUT2D eigenvalue weighted by Gasteiger charge is -2.30. The molecule has 1 atom stereocenters. The van der Waals surface area contributed by atoms with Gasteiger partial charge in [0.1, 0.15) is 0 Å². The van der Waals surface area contributed by atoms with Gasteiger partial charge < -0.3 is 5.41 Å². The molecule has 0 spiro atoms. The maximum Gasteiger partial charge on any atom is 0.175 e. The van der Waals surface area contributed by atoms with Gasteiger partial charge in [0, 0.05) is 41.2 Å². The topological polar surface area (TPSA) is 73.6 Å². The first-order valence-corrected chi connectivity index (χ1v) is 14.8. The van der Waals surface area contributed by atoms with Gasteiger partial charge in [0.05, 0.1) is 21.3 Å². The number of hydrogen-bond donors (Lipinski definition) is 1. The quantitative estimate of drug-likeness (QED) is 0.330. The van der Waals surface area contributed by atoms with E-state index in [1.807, 2.05) is 42.5 Å². The van der Waals surface area contributed by atoms with Crippen LogP contribution in [-0.4, -0.2) is 50.6 Å². The highest BCUT2D eigenvalue weighted by atomic mass is 35.5. The van der Waals surface area contributed by atoms with Crippen molar-refractivity contribution in [3.8, 4) is 10.4 Å². The number of nitrogens with zero attached hydrogens (tertiary/aromatic N) is 2. The van der Waals surface area contributed by atoms with Crippen LogP contribution in [0.4, 0.5) is 5.69 Å². The number of thiophene rings is 1. The standard InChI is InChI=1S/C27H30ClN3O2S2/c1-19-7-6-14-31(17-19)18-21(29)16-25(30-24-11-4-3-10-23(24)28)27-13-12-26(34-27)20-8-5-9-22(15-20)35(2,32)33/h3-5,8-13,15,19,29H,6-7,14,16-18H2,1-2H3. The van der Waals surface area contributed by atoms with Crippen molar-refractivity contribution in [2.24, 2.45) is 10.9 Å². The lowest BCUT2D eigenvalue weighted by atomic mass is 9.99. The molecule has 8 heteroatoms. The van der Waals surface area contributed by atoms with E-state index < -0.39 is 9.84 Å². The minimum atomic E-state index is -3.29. The summed E-state index contributed by atoms with van der Waals surface area (Å²) >= 11 is 7.95. The van der Waals surface area contributed by atoms with Crippen LogP contribution in [0.3, 0.4) is 0 Å². The Labute approximate surface area is 216 Å². The fourth-order valence-electron chi connectivity index (χ4n) is 4.36. The highest BCUT2D eigenvalue weighted by molar-refractivity contribution is 7.90. The van der Waals surface area contributed by atoms with Crippen LogP contribution in [0, 0.1) is 11.3 Å². The Morgan fingerprint density at radius 3 is 2.71 bits per heavy atom. The van der Waals surface area contributed by atoms with Gasteiger partial charge in [-0.25, -0.2) is 8.42 Å². The van der Waals surface area contributed by atoms with E-state index in [1.54, 1.807) is 29.5 Å². The van der Waals surface area contributed by atoms with Gasteiger partial charge in [-0.05, 0) is 67.3 Å². The summed E-state index contributed by atoms with van der Waals surface area (Å²) in [5, 5.41) is 9.31. The average Bonchev–Trinajstić information content (AvgIpc) is 3.30. The van der Waals surface area contributed by atoms with Crippen LogP contribution < -0.4 is 0 Å². The molecule has 2 aromatic carbocycles. The predicted octanol–water partition coefficient (Wildman–Crippen LogP) is 6.73. The number of sulfone groups is 1. The van der Waals surface area contributed by atoms with Gasteiger partial charge in [0.25, 0.3) is 0 Å². The molecule has 4 rings (SSSR count). The SMILES string of the molecule is CC1CCCN(CC(=N)CC(=Nc2ccccc2Cl)c2ccc(-c3cccc(S(C)(=O)=O)c3)s2)C1. The number of para-hydroxylation sites is 1. The van der Waals surface area contributed by atoms with E-state index in [2.05, 4.69) is 11.8 Å². The van der Waals surface area contributed by atoms with E-state index in [-0.39, 0.29) is 0 Å². The second kappa shape index (κ2) is 11.2. The van der Waals surface area contributed by atoms with Crippen molar-refractivity contribution in [1.82, 2.24) is 4.90 Å². The van der Waals surface area contributed by atoms with Gasteiger partial charge in [-0.15, -0.1) is 11.3 Å². The molecular formula is C27H30ClN3O2S2. The lowest BCUT2D eigenvalue weighted by molar-refractivity contribution is 0.206. The molecule has 2 heterocycles. The van der Waals surface area contributed by atoms with Crippen molar-refractivity contribution in [2.75, 3.05) is 25.9 Å². The molecule has 1 N–H and O–H groups in total. The van der Waals surface area contributed by atoms with Crippen molar-refractivity contribution in [3.05, 3.63) is 70.6 Å². The third-order valence-electron chi connectivity index (χ3n) is 6.08. The molecule has 0 amide bonds. The summed E-state index contributed by atoms with van der Waals surface area (Å²) in [6.45, 7) is 4.97. The van der Waals surface area contributed by atoms with Gasteiger partial charge in [0.2, 0.25) is 0 Å². The van der Waals surface area contributed by atoms with E-state index in [4.69, 9.17) is 22.0 Å². The number of hydrogen-bond acceptors (Lipinski definition) is 6. The van der Waals surface area contributed by atoms with Crippen molar-refractivity contribution in [3.63, 3.8) is 0 Å². The van der Waals surface area contributed by atoms with Gasteiger partial charge in [0.15, 0.2) is 9.84 Å². The van der Waals surface area contributed by atoms with E-state index in [0.29, 0.717) is 40.2 Å². The monoisotopic (exact) mass is 527 g/mol. The van der Waals surface area contributed by atoms with Crippen molar-refractivity contribution in [1.29, 1.82) is 5.41 Å². The first kappa shape index (κ1) is 25.8. The Morgan fingerprint density at radius 2 is 1.97 bits per heavy atom. The molecule has 0 aliphatic carbocycles. The van der Waals surface area contributed by atoms with Crippen molar-refractivity contribution >= 4 is 49.9 Å². The third-order valence-corrected chi connectivity index (χ3v) is 8.69. The molecule has 35 heavy (non-hydrogen) atoms. The second-order valence-electron chi connectivity index (χ2n) is 9.24. The number of aliphatic imine (C=N–C) groups is 1. The maximum absolute atomic E-state index is 12.0. The summed E-state index contributed by atoms with van der Waals surface area (Å²) in [4.78, 5) is 9.44. The molecule has 1 aromatic heterocycles. The van der Waals surface area contributed by atoms with Crippen molar-refractivity contribution < 1.29 is 8.42 Å². The average molecular weight is 528 g/mol. The fraction of sp³-hybridized carbons (Fsp3) is 0.333. The second-order valence-corrected chi connectivity index (χ2v) is 12.7. The maximum atomic E-state index is 12.0. The van der Waals surface area contributed by atoms with E-state index >= 15 is 0 Å². The van der Waals surface area contributed by atoms with Gasteiger partial charge in [-0.3, -0.25) is 9.89 Å². The Morgan fingerprint density at radius 1 is 1.17 bits per heavy atom. The molecule has 1 aliphatic heterocycles. The van der Waals surface area contributed by atoms with Crippen LogP contribution in [0.25, 0.3) is 10.4 Å². The molecule has 1 saturated heterocycles. The molecule has 0 radical (unpaired) electrons. The first-order valence-electron chi connectivity index (χ1n) is 11.7. The summed E-state index contributed by atoms with van der Waals surface area (Å²) in [5.41, 5.74) is 2.94. The van der Waals surface area contributed by atoms with Crippen LogP contribution in [0.5, 0.6) is 0 Å². The molecular weight excluding hydrogens is 498 g/mol. The number of piperidine rings is 1. The largest absolute Gasteiger partial charge is 0.308 e. The number of likely N-dealkylation sites (tertiary alicyclic amines) is 1. The predicted molar refractivity (Wildman–Crippen MR) is 148 cm³/mol. The first-order chi connectivity index (χ1) is 16.7. The van der Waals surface area contributed by atoms with Crippen LogP contribution in [0.15, 0.2) is 70.6 Å². The zero-order valence-corrected chi connectivity index (χ0v) is 22.4. The van der Waals surface area contributed by atoms with Crippen molar-refractivity contribution in [2.45, 2.75) is 31.1 Å². The number of nitrogens with one attached hydrogen (secondary N) is 1. The van der Waals surface area contributed by atoms with Crippen LogP contribution in [0.2, 0.25) is 5.02 Å². The summed E-state index contributed by atoms with van der Waals surface area (Å²) in [6, 6.07) is 18.4. The minimum absolute atomic E-state index is 0.299. The fourth-order valence-corrected chi connectivity index (χ4v) is 6.19. The van der Waals surface area contributed by atoms with Gasteiger partial charge >= 0.3 is 0 Å². The molecule has 1 unspecified atom stereocenters. The summed E-state index contributed by atoms with van der Waals surface area (Å²) < 4.78 is 24.0. The smallest absolute Gasteiger partial charge is 0.175 e. The summed E-state index contributed by atoms with van der Waals surface area (Å²) in [5.74, 6) is 0.662. The van der Waals surface area contributed by atoms with E-state index in [0.717, 1.165) is 34.1 Å². The number of rotatable bonds is 8. The Kier molecular flexibility index (Phi) is 8.22. The van der Waals surface area contributed by atoms with Crippen LogP contribution in [-0.2, 0) is 9.84 Å². The minimum Gasteiger partial charge on any atom is -0.308 e. The number of benzene rings is 2. The van der Waals surface area contributed by atoms with E-state index in [9.17, 15) is 8.42 Å². The molecule has 3 aromatic rings. The summed E-state index contributed by atoms with van der Waals surface area (Å²) in [6.07, 6.45) is 4.08. The molecule has 1 fully saturated rings. The van der Waals surface area contributed by atoms with Crippen LogP contribution in [0.1, 0.15) is 31.1 Å². The lowest BCUT2D eigenvalue weighted by Crippen LogP contribution is -2.38. The molecule has 184 valence electrons. The Bertz CT molecular complexity index is 1350. The highest BCUT2D eigenvalue weighted by Crippen LogP contribution is 2.32. The zero-order chi connectivity index (χ0) is 25.0. The molecule has 0 saturated carbocycles. The normalized spacial score (nSPS) is 17.5. The van der Waals surface area contributed by atoms with Gasteiger partial charge in [-0.2, -0.15) is 0 Å². The highest BCUT2D eigenvalue weighted by Gasteiger charge is 2.19. The molecule has 0 bridgehead atoms. The number of halogens is 1. The summed E-state index contributed by atoms with van der Waals surface area (Å²) in [7, 11) is -3.29. The van der Waals surface area contributed by atoms with Crippen LogP contribution >= 0.6 is 22.9 Å². The van der Waals surface area contributed by atoms with E-state index in [1.165, 1.54) is 19.1 Å². The van der Waals surface area contributed by atoms with Gasteiger partial charge in [-0.1, -0.05) is 42.8 Å².